The Bertz CT molecular complexity index is 492. The van der Waals surface area contributed by atoms with Crippen molar-refractivity contribution in [1.29, 1.82) is 0 Å². The summed E-state index contributed by atoms with van der Waals surface area (Å²) in [5.41, 5.74) is 2.75. The minimum absolute atomic E-state index is 0.0700. The van der Waals surface area contributed by atoms with Crippen LogP contribution in [0.1, 0.15) is 41.9 Å². The van der Waals surface area contributed by atoms with Crippen molar-refractivity contribution in [3.05, 3.63) is 27.2 Å². The molecule has 3 nitrogen and oxygen atoms in total. The number of phenolic OH excluding ortho intramolecular Hbond substituents is 1. The number of aromatic hydroxyl groups is 1. The zero-order valence-corrected chi connectivity index (χ0v) is 12.1. The topological polar surface area (TPSA) is 57.5 Å². The highest BCUT2D eigenvalue weighted by atomic mass is 79.9. The predicted octanol–water partition coefficient (Wildman–Crippen LogP) is 3.74. The van der Waals surface area contributed by atoms with Crippen LogP contribution in [0.5, 0.6) is 5.75 Å². The standard InChI is InChI=1S/C14H17BrO3/c1-7-5-8(2)13(15)14(18)12(7)10(6-11(16)17)9-3-4-9/h5,9-10,18H,3-4,6H2,1-2H3,(H,16,17). The van der Waals surface area contributed by atoms with Gasteiger partial charge >= 0.3 is 5.97 Å². The largest absolute Gasteiger partial charge is 0.506 e. The van der Waals surface area contributed by atoms with Gasteiger partial charge in [-0.1, -0.05) is 6.07 Å². The molecule has 0 aromatic heterocycles. The minimum Gasteiger partial charge on any atom is -0.506 e. The van der Waals surface area contributed by atoms with E-state index >= 15 is 0 Å². The van der Waals surface area contributed by atoms with Crippen LogP contribution in [-0.2, 0) is 4.79 Å². The number of rotatable bonds is 4. The fourth-order valence-electron chi connectivity index (χ4n) is 2.62. The van der Waals surface area contributed by atoms with E-state index in [-0.39, 0.29) is 18.1 Å². The molecule has 1 aromatic rings. The molecule has 0 saturated heterocycles. The van der Waals surface area contributed by atoms with Crippen molar-refractivity contribution in [2.75, 3.05) is 0 Å². The van der Waals surface area contributed by atoms with Crippen LogP contribution in [0, 0.1) is 19.8 Å². The Morgan fingerprint density at radius 3 is 2.56 bits per heavy atom. The smallest absolute Gasteiger partial charge is 0.303 e. The van der Waals surface area contributed by atoms with Crippen molar-refractivity contribution in [3.63, 3.8) is 0 Å². The van der Waals surface area contributed by atoms with Crippen LogP contribution in [-0.4, -0.2) is 16.2 Å². The van der Waals surface area contributed by atoms with Gasteiger partial charge in [0, 0.05) is 11.5 Å². The number of carboxylic acid groups (broad SMARTS) is 1. The minimum atomic E-state index is -0.803. The molecule has 18 heavy (non-hydrogen) atoms. The van der Waals surface area contributed by atoms with Gasteiger partial charge in [0.05, 0.1) is 10.9 Å². The summed E-state index contributed by atoms with van der Waals surface area (Å²) in [7, 11) is 0. The third-order valence-electron chi connectivity index (χ3n) is 3.62. The van der Waals surface area contributed by atoms with E-state index in [1.54, 1.807) is 0 Å². The van der Waals surface area contributed by atoms with E-state index in [1.807, 2.05) is 19.9 Å². The molecule has 2 N–H and O–H groups in total. The predicted molar refractivity (Wildman–Crippen MR) is 73.0 cm³/mol. The fourth-order valence-corrected chi connectivity index (χ4v) is 2.94. The maximum atomic E-state index is 11.0. The summed E-state index contributed by atoms with van der Waals surface area (Å²) in [6.45, 7) is 3.86. The van der Waals surface area contributed by atoms with Crippen molar-refractivity contribution in [3.8, 4) is 5.75 Å². The lowest BCUT2D eigenvalue weighted by atomic mass is 9.86. The molecule has 1 aliphatic carbocycles. The quantitative estimate of drug-likeness (QED) is 0.890. The number of hydrogen-bond acceptors (Lipinski definition) is 2. The Morgan fingerprint density at radius 1 is 1.44 bits per heavy atom. The second-order valence-corrected chi connectivity index (χ2v) is 5.92. The van der Waals surface area contributed by atoms with Crippen LogP contribution in [0.15, 0.2) is 10.5 Å². The summed E-state index contributed by atoms with van der Waals surface area (Å²) in [4.78, 5) is 11.0. The van der Waals surface area contributed by atoms with E-state index < -0.39 is 5.97 Å². The molecule has 2 rings (SSSR count). The number of phenols is 1. The third-order valence-corrected chi connectivity index (χ3v) is 4.62. The van der Waals surface area contributed by atoms with Crippen molar-refractivity contribution in [2.24, 2.45) is 5.92 Å². The van der Waals surface area contributed by atoms with Gasteiger partial charge in [0.25, 0.3) is 0 Å². The van der Waals surface area contributed by atoms with Gasteiger partial charge in [0.2, 0.25) is 0 Å². The molecule has 1 unspecified atom stereocenters. The molecule has 98 valence electrons. The second kappa shape index (κ2) is 4.92. The zero-order chi connectivity index (χ0) is 13.4. The van der Waals surface area contributed by atoms with Gasteiger partial charge in [-0.05, 0) is 59.7 Å². The Hall–Kier alpha value is -1.03. The van der Waals surface area contributed by atoms with E-state index in [2.05, 4.69) is 15.9 Å². The lowest BCUT2D eigenvalue weighted by Gasteiger charge is -2.20. The van der Waals surface area contributed by atoms with Crippen LogP contribution in [0.3, 0.4) is 0 Å². The van der Waals surface area contributed by atoms with Gasteiger partial charge in [-0.3, -0.25) is 4.79 Å². The molecule has 0 aliphatic heterocycles. The van der Waals surface area contributed by atoms with Gasteiger partial charge in [0.1, 0.15) is 5.75 Å². The first-order chi connectivity index (χ1) is 8.41. The first-order valence-electron chi connectivity index (χ1n) is 6.12. The monoisotopic (exact) mass is 312 g/mol. The first kappa shape index (κ1) is 13.4. The average molecular weight is 313 g/mol. The Labute approximate surface area is 115 Å². The normalized spacial score (nSPS) is 16.6. The molecular weight excluding hydrogens is 296 g/mol. The maximum Gasteiger partial charge on any atom is 0.303 e. The van der Waals surface area contributed by atoms with Crippen LogP contribution in [0.4, 0.5) is 0 Å². The summed E-state index contributed by atoms with van der Waals surface area (Å²) < 4.78 is 0.680. The molecule has 1 aliphatic rings. The number of aryl methyl sites for hydroxylation is 2. The SMILES string of the molecule is Cc1cc(C)c(C(CC(=O)O)C2CC2)c(O)c1Br. The fraction of sp³-hybridized carbons (Fsp3) is 0.500. The first-order valence-corrected chi connectivity index (χ1v) is 6.91. The van der Waals surface area contributed by atoms with E-state index in [0.29, 0.717) is 10.4 Å². The Morgan fingerprint density at radius 2 is 2.06 bits per heavy atom. The number of halogens is 1. The average Bonchev–Trinajstić information content (AvgIpc) is 3.08. The molecule has 0 radical (unpaired) electrons. The Kier molecular flexibility index (Phi) is 3.66. The summed E-state index contributed by atoms with van der Waals surface area (Å²) in [6, 6.07) is 2.00. The van der Waals surface area contributed by atoms with Crippen LogP contribution < -0.4 is 0 Å². The van der Waals surface area contributed by atoms with Gasteiger partial charge in [-0.15, -0.1) is 0 Å². The van der Waals surface area contributed by atoms with Crippen molar-refractivity contribution < 1.29 is 15.0 Å². The lowest BCUT2D eigenvalue weighted by Crippen LogP contribution is -2.10. The molecule has 1 saturated carbocycles. The van der Waals surface area contributed by atoms with Gasteiger partial charge in [-0.2, -0.15) is 0 Å². The molecule has 1 atom stereocenters. The van der Waals surface area contributed by atoms with Crippen LogP contribution in [0.25, 0.3) is 0 Å². The number of aliphatic carboxylic acids is 1. The lowest BCUT2D eigenvalue weighted by molar-refractivity contribution is -0.137. The summed E-state index contributed by atoms with van der Waals surface area (Å²) >= 11 is 3.37. The number of carboxylic acids is 1. The molecule has 0 spiro atoms. The van der Waals surface area contributed by atoms with E-state index in [4.69, 9.17) is 5.11 Å². The van der Waals surface area contributed by atoms with Crippen molar-refractivity contribution >= 4 is 21.9 Å². The molecule has 0 amide bonds. The highest BCUT2D eigenvalue weighted by Crippen LogP contribution is 2.49. The Balaban J connectivity index is 2.47. The van der Waals surface area contributed by atoms with Crippen molar-refractivity contribution in [1.82, 2.24) is 0 Å². The zero-order valence-electron chi connectivity index (χ0n) is 10.5. The molecular formula is C14H17BrO3. The van der Waals surface area contributed by atoms with Crippen molar-refractivity contribution in [2.45, 2.75) is 39.0 Å². The van der Waals surface area contributed by atoms with Gasteiger partial charge in [0.15, 0.2) is 0 Å². The molecule has 4 heteroatoms. The third kappa shape index (κ3) is 2.53. The second-order valence-electron chi connectivity index (χ2n) is 5.13. The number of carbonyl (C=O) groups is 1. The molecule has 0 heterocycles. The number of hydrogen-bond donors (Lipinski definition) is 2. The summed E-state index contributed by atoms with van der Waals surface area (Å²) in [5, 5.41) is 19.3. The highest BCUT2D eigenvalue weighted by Gasteiger charge is 2.36. The van der Waals surface area contributed by atoms with E-state index in [1.165, 1.54) is 0 Å². The van der Waals surface area contributed by atoms with Gasteiger partial charge in [-0.25, -0.2) is 0 Å². The van der Waals surface area contributed by atoms with Crippen LogP contribution in [0.2, 0.25) is 0 Å². The van der Waals surface area contributed by atoms with E-state index in [9.17, 15) is 9.90 Å². The van der Waals surface area contributed by atoms with E-state index in [0.717, 1.165) is 29.5 Å². The highest BCUT2D eigenvalue weighted by molar-refractivity contribution is 9.10. The summed E-state index contributed by atoms with van der Waals surface area (Å²) in [5.74, 6) is -0.257. The maximum absolute atomic E-state index is 11.0. The molecule has 1 fully saturated rings. The van der Waals surface area contributed by atoms with Crippen LogP contribution >= 0.6 is 15.9 Å². The molecule has 0 bridgehead atoms. The summed E-state index contributed by atoms with van der Waals surface area (Å²) in [6.07, 6.45) is 2.21. The molecule has 1 aromatic carbocycles. The van der Waals surface area contributed by atoms with Gasteiger partial charge < -0.3 is 10.2 Å². The number of benzene rings is 1.